The summed E-state index contributed by atoms with van der Waals surface area (Å²) in [6.45, 7) is 8.62. The van der Waals surface area contributed by atoms with Crippen molar-refractivity contribution in [3.63, 3.8) is 0 Å². The third kappa shape index (κ3) is 4.94. The molecule has 0 aromatic heterocycles. The molecule has 2 N–H and O–H groups in total. The standard InChI is InChI=1S/C29H40N4O/c1-22-6-5-17-33(21-22)26(7-3-4-16-30)31-27(34)24-9-8-23(28(2)10-11-28)20-25(24)32-18-14-29(12-13-29)15-19-32/h3-4,7-9,16,20,22,30H,5-6,10-15,17-19,21H2,1-2H3,(H,31,34). The number of allylic oxidation sites excluding steroid dienone is 3. The topological polar surface area (TPSA) is 59.4 Å². The highest BCUT2D eigenvalue weighted by molar-refractivity contribution is 6.01. The average molecular weight is 461 g/mol. The summed E-state index contributed by atoms with van der Waals surface area (Å²) in [6, 6.07) is 6.56. The van der Waals surface area contributed by atoms with Crippen LogP contribution in [0.25, 0.3) is 0 Å². The summed E-state index contributed by atoms with van der Waals surface area (Å²) in [5, 5.41) is 10.6. The Hall–Kier alpha value is -2.56. The molecule has 1 unspecified atom stereocenters. The van der Waals surface area contributed by atoms with E-state index in [1.54, 1.807) is 6.08 Å². The van der Waals surface area contributed by atoms with E-state index in [9.17, 15) is 4.79 Å². The number of nitrogens with zero attached hydrogens (tertiary/aromatic N) is 2. The first-order chi connectivity index (χ1) is 16.4. The van der Waals surface area contributed by atoms with Gasteiger partial charge in [0.2, 0.25) is 0 Å². The maximum atomic E-state index is 13.7. The van der Waals surface area contributed by atoms with Gasteiger partial charge in [-0.05, 0) is 98.0 Å². The maximum Gasteiger partial charge on any atom is 0.258 e. The summed E-state index contributed by atoms with van der Waals surface area (Å²) in [5.41, 5.74) is 4.16. The molecule has 1 atom stereocenters. The van der Waals surface area contributed by atoms with Crippen molar-refractivity contribution in [2.75, 3.05) is 31.1 Å². The van der Waals surface area contributed by atoms with Crippen molar-refractivity contribution in [2.24, 2.45) is 11.3 Å². The molecular weight excluding hydrogens is 420 g/mol. The van der Waals surface area contributed by atoms with Gasteiger partial charge in [-0.3, -0.25) is 4.79 Å². The molecule has 0 bridgehead atoms. The second-order valence-corrected chi connectivity index (χ2v) is 11.5. The molecule has 5 nitrogen and oxygen atoms in total. The Kier molecular flexibility index (Phi) is 6.30. The highest BCUT2D eigenvalue weighted by Gasteiger charge is 2.45. The number of benzene rings is 1. The van der Waals surface area contributed by atoms with Crippen LogP contribution in [0.15, 0.2) is 42.2 Å². The van der Waals surface area contributed by atoms with E-state index in [2.05, 4.69) is 47.2 Å². The highest BCUT2D eigenvalue weighted by atomic mass is 16.1. The molecule has 1 aromatic rings. The minimum absolute atomic E-state index is 0.0260. The van der Waals surface area contributed by atoms with Crippen molar-refractivity contribution < 1.29 is 4.79 Å². The van der Waals surface area contributed by atoms with Crippen LogP contribution in [0.5, 0.6) is 0 Å². The lowest BCUT2D eigenvalue weighted by Gasteiger charge is -2.36. The molecule has 34 heavy (non-hydrogen) atoms. The average Bonchev–Trinajstić information content (AvgIpc) is 3.77. The quantitative estimate of drug-likeness (QED) is 0.410. The number of nitrogens with one attached hydrogen (secondary N) is 2. The fourth-order valence-electron chi connectivity index (χ4n) is 5.76. The zero-order valence-electron chi connectivity index (χ0n) is 20.9. The largest absolute Gasteiger partial charge is 0.371 e. The van der Waals surface area contributed by atoms with Crippen molar-refractivity contribution in [1.82, 2.24) is 10.2 Å². The minimum atomic E-state index is -0.0260. The van der Waals surface area contributed by atoms with Crippen LogP contribution in [0, 0.1) is 16.7 Å². The van der Waals surface area contributed by atoms with Crippen LogP contribution < -0.4 is 10.2 Å². The van der Waals surface area contributed by atoms with E-state index in [0.717, 1.165) is 49.7 Å². The lowest BCUT2D eigenvalue weighted by Crippen LogP contribution is -2.41. The maximum absolute atomic E-state index is 13.7. The Balaban J connectivity index is 1.41. The number of rotatable bonds is 7. The zero-order valence-corrected chi connectivity index (χ0v) is 20.9. The lowest BCUT2D eigenvalue weighted by atomic mass is 9.91. The Morgan fingerprint density at radius 2 is 1.85 bits per heavy atom. The molecule has 2 aliphatic heterocycles. The molecule has 2 saturated carbocycles. The van der Waals surface area contributed by atoms with Crippen LogP contribution in [0.2, 0.25) is 0 Å². The molecule has 1 spiro atoms. The van der Waals surface area contributed by atoms with Crippen LogP contribution >= 0.6 is 0 Å². The second-order valence-electron chi connectivity index (χ2n) is 11.5. The fraction of sp³-hybridized carbons (Fsp3) is 0.586. The lowest BCUT2D eigenvalue weighted by molar-refractivity contribution is 0.0943. The Bertz CT molecular complexity index is 991. The molecular formula is C29H40N4O. The van der Waals surface area contributed by atoms with Gasteiger partial charge in [0.15, 0.2) is 0 Å². The molecule has 5 heteroatoms. The number of carbonyl (C=O) groups excluding carboxylic acids is 1. The van der Waals surface area contributed by atoms with Crippen molar-refractivity contribution in [1.29, 1.82) is 5.41 Å². The number of anilines is 1. The molecule has 4 aliphatic rings. The Morgan fingerprint density at radius 3 is 2.50 bits per heavy atom. The number of hydrogen-bond donors (Lipinski definition) is 2. The van der Waals surface area contributed by atoms with E-state index in [1.807, 2.05) is 12.2 Å². The summed E-state index contributed by atoms with van der Waals surface area (Å²) in [7, 11) is 0. The normalized spacial score (nSPS) is 25.5. The zero-order chi connectivity index (χ0) is 23.8. The Labute approximate surface area is 204 Å². The minimum Gasteiger partial charge on any atom is -0.371 e. The summed E-state index contributed by atoms with van der Waals surface area (Å²) in [4.78, 5) is 18.5. The predicted octanol–water partition coefficient (Wildman–Crippen LogP) is 5.63. The van der Waals surface area contributed by atoms with E-state index in [4.69, 9.17) is 5.41 Å². The molecule has 1 aromatic carbocycles. The first kappa shape index (κ1) is 23.2. The van der Waals surface area contributed by atoms with Crippen molar-refractivity contribution in [2.45, 2.75) is 70.6 Å². The van der Waals surface area contributed by atoms with Gasteiger partial charge in [0.25, 0.3) is 5.91 Å². The second kappa shape index (κ2) is 9.24. The highest BCUT2D eigenvalue weighted by Crippen LogP contribution is 2.54. The van der Waals surface area contributed by atoms with E-state index in [0.29, 0.717) is 11.3 Å². The van der Waals surface area contributed by atoms with Crippen LogP contribution in [0.1, 0.15) is 81.1 Å². The van der Waals surface area contributed by atoms with Gasteiger partial charge in [-0.2, -0.15) is 0 Å². The summed E-state index contributed by atoms with van der Waals surface area (Å²) < 4.78 is 0. The smallest absolute Gasteiger partial charge is 0.258 e. The van der Waals surface area contributed by atoms with Gasteiger partial charge in [-0.15, -0.1) is 0 Å². The molecule has 2 saturated heterocycles. The number of piperidine rings is 2. The first-order valence-electron chi connectivity index (χ1n) is 13.2. The summed E-state index contributed by atoms with van der Waals surface area (Å²) in [6.07, 6.45) is 16.9. The van der Waals surface area contributed by atoms with Gasteiger partial charge in [-0.1, -0.05) is 26.0 Å². The fourth-order valence-corrected chi connectivity index (χ4v) is 5.76. The van der Waals surface area contributed by atoms with Gasteiger partial charge >= 0.3 is 0 Å². The van der Waals surface area contributed by atoms with Gasteiger partial charge in [0.1, 0.15) is 5.82 Å². The number of carbonyl (C=O) groups is 1. The molecule has 1 amide bonds. The molecule has 2 heterocycles. The van der Waals surface area contributed by atoms with Crippen LogP contribution in [0.3, 0.4) is 0 Å². The van der Waals surface area contributed by atoms with E-state index in [-0.39, 0.29) is 11.3 Å². The Morgan fingerprint density at radius 1 is 1.09 bits per heavy atom. The molecule has 2 aliphatic carbocycles. The van der Waals surface area contributed by atoms with Crippen molar-refractivity contribution >= 4 is 17.8 Å². The third-order valence-electron chi connectivity index (χ3n) is 8.76. The van der Waals surface area contributed by atoms with E-state index >= 15 is 0 Å². The molecule has 182 valence electrons. The number of hydrogen-bond acceptors (Lipinski definition) is 4. The van der Waals surface area contributed by atoms with Crippen molar-refractivity contribution in [3.05, 3.63) is 53.4 Å². The number of likely N-dealkylation sites (tertiary alicyclic amines) is 1. The van der Waals surface area contributed by atoms with Crippen LogP contribution in [-0.4, -0.2) is 43.2 Å². The number of amides is 1. The summed E-state index contributed by atoms with van der Waals surface area (Å²) in [5.74, 6) is 1.43. The monoisotopic (exact) mass is 460 g/mol. The predicted molar refractivity (Wildman–Crippen MR) is 140 cm³/mol. The van der Waals surface area contributed by atoms with Crippen molar-refractivity contribution in [3.8, 4) is 0 Å². The third-order valence-corrected chi connectivity index (χ3v) is 8.76. The molecule has 4 fully saturated rings. The van der Waals surface area contributed by atoms with Gasteiger partial charge in [0.05, 0.1) is 5.56 Å². The van der Waals surface area contributed by atoms with Gasteiger partial charge < -0.3 is 20.5 Å². The van der Waals surface area contributed by atoms with E-state index < -0.39 is 0 Å². The van der Waals surface area contributed by atoms with Gasteiger partial charge in [0, 0.05) is 38.1 Å². The van der Waals surface area contributed by atoms with Crippen LogP contribution in [0.4, 0.5) is 5.69 Å². The van der Waals surface area contributed by atoms with Gasteiger partial charge in [-0.25, -0.2) is 0 Å². The molecule has 0 radical (unpaired) electrons. The summed E-state index contributed by atoms with van der Waals surface area (Å²) >= 11 is 0. The molecule has 5 rings (SSSR count). The van der Waals surface area contributed by atoms with E-state index in [1.165, 1.54) is 56.7 Å². The van der Waals surface area contributed by atoms with Crippen LogP contribution in [-0.2, 0) is 5.41 Å². The SMILES string of the molecule is CC1CCCN(C(=CC=CC=N)NC(=O)c2ccc(C3(C)CC3)cc2N2CCC3(CC2)CC3)C1. The first-order valence-corrected chi connectivity index (χ1v) is 13.2.